The third-order valence-corrected chi connectivity index (χ3v) is 3.25. The van der Waals surface area contributed by atoms with Gasteiger partial charge in [0.25, 0.3) is 0 Å². The van der Waals surface area contributed by atoms with Gasteiger partial charge in [0, 0.05) is 6.54 Å². The Morgan fingerprint density at radius 3 is 2.80 bits per heavy atom. The zero-order valence-electron chi connectivity index (χ0n) is 10.5. The van der Waals surface area contributed by atoms with E-state index in [0.29, 0.717) is 12.3 Å². The summed E-state index contributed by atoms with van der Waals surface area (Å²) in [5, 5.41) is 14.0. The van der Waals surface area contributed by atoms with Crippen LogP contribution in [-0.4, -0.2) is 21.4 Å². The highest BCUT2D eigenvalue weighted by atomic mass is 127. The van der Waals surface area contributed by atoms with Crippen molar-refractivity contribution >= 4 is 34.1 Å². The molecule has 0 saturated carbocycles. The lowest BCUT2D eigenvalue weighted by molar-refractivity contribution is -0.385. The van der Waals surface area contributed by atoms with E-state index in [0.717, 1.165) is 3.57 Å². The molecule has 0 fully saturated rings. The fraction of sp³-hybridized carbons (Fsp3) is 0.167. The molecule has 1 aromatic heterocycles. The summed E-state index contributed by atoms with van der Waals surface area (Å²) in [5.41, 5.74) is -0.269. The summed E-state index contributed by atoms with van der Waals surface area (Å²) in [6, 6.07) is 7.21. The smallest absolute Gasteiger partial charge is 0.373 e. The highest BCUT2D eigenvalue weighted by molar-refractivity contribution is 14.1. The molecule has 104 valence electrons. The minimum Gasteiger partial charge on any atom is -0.432 e. The lowest BCUT2D eigenvalue weighted by Gasteiger charge is -2.09. The van der Waals surface area contributed by atoms with Crippen molar-refractivity contribution in [1.82, 2.24) is 9.97 Å². The second-order valence-electron chi connectivity index (χ2n) is 3.70. The molecule has 1 heterocycles. The van der Waals surface area contributed by atoms with Gasteiger partial charge in [-0.2, -0.15) is 4.98 Å². The number of halogens is 1. The van der Waals surface area contributed by atoms with Crippen molar-refractivity contribution in [3.8, 4) is 11.6 Å². The van der Waals surface area contributed by atoms with Crippen molar-refractivity contribution < 1.29 is 9.66 Å². The van der Waals surface area contributed by atoms with Crippen LogP contribution in [0, 0.1) is 13.7 Å². The van der Waals surface area contributed by atoms with Crippen molar-refractivity contribution in [3.63, 3.8) is 0 Å². The number of hydrogen-bond donors (Lipinski definition) is 1. The predicted octanol–water partition coefficient (Wildman–Crippen LogP) is 3.21. The molecule has 0 unspecified atom stereocenters. The van der Waals surface area contributed by atoms with Gasteiger partial charge >= 0.3 is 11.6 Å². The zero-order valence-corrected chi connectivity index (χ0v) is 12.7. The maximum atomic E-state index is 11.2. The van der Waals surface area contributed by atoms with E-state index in [1.165, 1.54) is 6.33 Å². The molecule has 0 spiro atoms. The standard InChI is InChI=1S/C12H11IN4O3/c1-2-14-11-10(17(18)19)12(16-7-15-11)20-9-6-4-3-5-8(9)13/h3-7H,2H2,1H3,(H,14,15,16). The monoisotopic (exact) mass is 386 g/mol. The molecule has 0 aliphatic carbocycles. The Kier molecular flexibility index (Phi) is 4.66. The van der Waals surface area contributed by atoms with Crippen LogP contribution in [0.1, 0.15) is 6.92 Å². The number of para-hydroxylation sites is 1. The molecule has 1 aromatic carbocycles. The first-order chi connectivity index (χ1) is 9.63. The van der Waals surface area contributed by atoms with E-state index in [-0.39, 0.29) is 17.4 Å². The van der Waals surface area contributed by atoms with Gasteiger partial charge in [-0.3, -0.25) is 10.1 Å². The number of aromatic nitrogens is 2. The average Bonchev–Trinajstić information content (AvgIpc) is 2.41. The number of nitro groups is 1. The van der Waals surface area contributed by atoms with E-state index in [2.05, 4.69) is 37.9 Å². The minimum absolute atomic E-state index is 0.0786. The van der Waals surface area contributed by atoms with Crippen LogP contribution < -0.4 is 10.1 Å². The number of nitrogens with zero attached hydrogens (tertiary/aromatic N) is 3. The summed E-state index contributed by atoms with van der Waals surface area (Å²) in [6.45, 7) is 2.34. The molecule has 0 saturated heterocycles. The van der Waals surface area contributed by atoms with E-state index >= 15 is 0 Å². The molecule has 0 bridgehead atoms. The van der Waals surface area contributed by atoms with Gasteiger partial charge in [-0.15, -0.1) is 0 Å². The molecule has 0 aliphatic rings. The summed E-state index contributed by atoms with van der Waals surface area (Å²) in [7, 11) is 0. The normalized spacial score (nSPS) is 10.1. The van der Waals surface area contributed by atoms with Gasteiger partial charge in [0.15, 0.2) is 0 Å². The third-order valence-electron chi connectivity index (χ3n) is 2.36. The lowest BCUT2D eigenvalue weighted by Crippen LogP contribution is -2.06. The van der Waals surface area contributed by atoms with Crippen molar-refractivity contribution in [3.05, 3.63) is 44.3 Å². The average molecular weight is 386 g/mol. The molecule has 2 rings (SSSR count). The van der Waals surface area contributed by atoms with Crippen LogP contribution in [0.2, 0.25) is 0 Å². The van der Waals surface area contributed by atoms with Crippen LogP contribution in [0.15, 0.2) is 30.6 Å². The van der Waals surface area contributed by atoms with Crippen molar-refractivity contribution in [1.29, 1.82) is 0 Å². The Bertz CT molecular complexity index is 636. The maximum absolute atomic E-state index is 11.2. The molecule has 2 aromatic rings. The van der Waals surface area contributed by atoms with Gasteiger partial charge in [0.2, 0.25) is 5.82 Å². The van der Waals surface area contributed by atoms with Gasteiger partial charge in [-0.25, -0.2) is 4.98 Å². The zero-order chi connectivity index (χ0) is 14.5. The molecule has 0 atom stereocenters. The van der Waals surface area contributed by atoms with Gasteiger partial charge < -0.3 is 10.1 Å². The second kappa shape index (κ2) is 6.46. The van der Waals surface area contributed by atoms with Crippen LogP contribution in [0.3, 0.4) is 0 Å². The summed E-state index contributed by atoms with van der Waals surface area (Å²) >= 11 is 2.09. The molecule has 0 amide bonds. The van der Waals surface area contributed by atoms with Crippen molar-refractivity contribution in [2.75, 3.05) is 11.9 Å². The highest BCUT2D eigenvalue weighted by Crippen LogP contribution is 2.35. The van der Waals surface area contributed by atoms with Crippen LogP contribution in [0.5, 0.6) is 11.6 Å². The second-order valence-corrected chi connectivity index (χ2v) is 4.86. The van der Waals surface area contributed by atoms with Crippen molar-refractivity contribution in [2.24, 2.45) is 0 Å². The van der Waals surface area contributed by atoms with E-state index in [1.54, 1.807) is 12.1 Å². The SMILES string of the molecule is CCNc1ncnc(Oc2ccccc2I)c1[N+](=O)[O-]. The summed E-state index contributed by atoms with van der Waals surface area (Å²) in [4.78, 5) is 18.4. The number of benzene rings is 1. The number of hydrogen-bond acceptors (Lipinski definition) is 6. The minimum atomic E-state index is -0.552. The Hall–Kier alpha value is -1.97. The Morgan fingerprint density at radius 2 is 2.15 bits per heavy atom. The van der Waals surface area contributed by atoms with E-state index in [1.807, 2.05) is 19.1 Å². The highest BCUT2D eigenvalue weighted by Gasteiger charge is 2.24. The van der Waals surface area contributed by atoms with Gasteiger partial charge in [0.05, 0.1) is 8.49 Å². The fourth-order valence-electron chi connectivity index (χ4n) is 1.53. The van der Waals surface area contributed by atoms with Crippen LogP contribution in [0.25, 0.3) is 0 Å². The first-order valence-corrected chi connectivity index (χ1v) is 6.87. The summed E-state index contributed by atoms with van der Waals surface area (Å²) in [5.74, 6) is 0.579. The van der Waals surface area contributed by atoms with Crippen LogP contribution in [0.4, 0.5) is 11.5 Å². The predicted molar refractivity (Wildman–Crippen MR) is 82.1 cm³/mol. The molecular weight excluding hydrogens is 375 g/mol. The largest absolute Gasteiger partial charge is 0.432 e. The molecule has 0 radical (unpaired) electrons. The Morgan fingerprint density at radius 1 is 1.40 bits per heavy atom. The van der Waals surface area contributed by atoms with Gasteiger partial charge in [-0.1, -0.05) is 12.1 Å². The fourth-order valence-corrected chi connectivity index (χ4v) is 2.03. The number of ether oxygens (including phenoxy) is 1. The van der Waals surface area contributed by atoms with Crippen molar-refractivity contribution in [2.45, 2.75) is 6.92 Å². The Labute approximate surface area is 128 Å². The van der Waals surface area contributed by atoms with Crippen LogP contribution >= 0.6 is 22.6 Å². The van der Waals surface area contributed by atoms with E-state index < -0.39 is 4.92 Å². The first kappa shape index (κ1) is 14.4. The molecule has 20 heavy (non-hydrogen) atoms. The molecule has 1 N–H and O–H groups in total. The van der Waals surface area contributed by atoms with Gasteiger partial charge in [-0.05, 0) is 41.6 Å². The summed E-state index contributed by atoms with van der Waals surface area (Å²) in [6.07, 6.45) is 1.23. The van der Waals surface area contributed by atoms with E-state index in [9.17, 15) is 10.1 Å². The number of anilines is 1. The van der Waals surface area contributed by atoms with Gasteiger partial charge in [0.1, 0.15) is 12.1 Å². The summed E-state index contributed by atoms with van der Waals surface area (Å²) < 4.78 is 6.38. The topological polar surface area (TPSA) is 90.2 Å². The third kappa shape index (κ3) is 3.13. The molecule has 0 aliphatic heterocycles. The quantitative estimate of drug-likeness (QED) is 0.482. The molecule has 7 nitrogen and oxygen atoms in total. The van der Waals surface area contributed by atoms with Crippen LogP contribution in [-0.2, 0) is 0 Å². The Balaban J connectivity index is 2.44. The maximum Gasteiger partial charge on any atom is 0.373 e. The molecule has 8 heteroatoms. The molecular formula is C12H11IN4O3. The first-order valence-electron chi connectivity index (χ1n) is 5.79. The number of nitrogens with one attached hydrogen (secondary N) is 1. The number of rotatable bonds is 5. The van der Waals surface area contributed by atoms with E-state index in [4.69, 9.17) is 4.74 Å². The lowest BCUT2D eigenvalue weighted by atomic mass is 10.3.